The first-order valence-electron chi connectivity index (χ1n) is 12.3. The van der Waals surface area contributed by atoms with Crippen molar-refractivity contribution in [2.75, 3.05) is 36.5 Å². The fraction of sp³-hybridized carbons (Fsp3) is 0.207. The molecule has 5 rings (SSSR count). The monoisotopic (exact) mass is 495 g/mol. The number of ether oxygens (including phenoxy) is 1. The van der Waals surface area contributed by atoms with Crippen LogP contribution in [0.3, 0.4) is 0 Å². The van der Waals surface area contributed by atoms with Crippen molar-refractivity contribution in [2.45, 2.75) is 13.2 Å². The lowest BCUT2D eigenvalue weighted by Crippen LogP contribution is -2.36. The van der Waals surface area contributed by atoms with Crippen LogP contribution in [-0.4, -0.2) is 47.4 Å². The van der Waals surface area contributed by atoms with Crippen LogP contribution >= 0.6 is 0 Å². The fourth-order valence-corrected chi connectivity index (χ4v) is 4.18. The van der Waals surface area contributed by atoms with Gasteiger partial charge in [-0.3, -0.25) is 0 Å². The molecule has 0 atom stereocenters. The van der Waals surface area contributed by atoms with Gasteiger partial charge in [-0.15, -0.1) is 0 Å². The van der Waals surface area contributed by atoms with E-state index in [9.17, 15) is 9.90 Å². The van der Waals surface area contributed by atoms with E-state index in [4.69, 9.17) is 14.7 Å². The molecule has 4 aromatic rings. The predicted octanol–water partition coefficient (Wildman–Crippen LogP) is 4.46. The third kappa shape index (κ3) is 6.30. The van der Waals surface area contributed by atoms with Gasteiger partial charge in [0.25, 0.3) is 0 Å². The van der Waals surface area contributed by atoms with Gasteiger partial charge in [-0.1, -0.05) is 60.7 Å². The number of urea groups is 1. The van der Waals surface area contributed by atoms with Crippen LogP contribution in [0.1, 0.15) is 11.1 Å². The molecule has 0 radical (unpaired) electrons. The van der Waals surface area contributed by atoms with Crippen molar-refractivity contribution in [1.29, 1.82) is 0 Å². The Morgan fingerprint density at radius 3 is 2.43 bits per heavy atom. The molecule has 8 nitrogen and oxygen atoms in total. The molecule has 2 heterocycles. The van der Waals surface area contributed by atoms with Gasteiger partial charge in [-0.05, 0) is 29.3 Å². The summed E-state index contributed by atoms with van der Waals surface area (Å²) in [4.78, 5) is 24.4. The standard InChI is InChI=1S/C29H29N5O3/c35-20-22-8-4-9-23(16-22)26-18-27(34-12-14-37-15-13-34)33-28(32-26)24-10-5-11-25(17-24)31-29(36)30-19-21-6-2-1-3-7-21/h1-11,16-18,35H,12-15,19-20H2,(H2,30,31,36). The van der Waals surface area contributed by atoms with Crippen LogP contribution in [0.4, 0.5) is 16.3 Å². The third-order valence-electron chi connectivity index (χ3n) is 6.13. The topological polar surface area (TPSA) is 99.6 Å². The molecule has 3 N–H and O–H groups in total. The highest BCUT2D eigenvalue weighted by Gasteiger charge is 2.17. The van der Waals surface area contributed by atoms with Gasteiger partial charge < -0.3 is 25.4 Å². The zero-order valence-corrected chi connectivity index (χ0v) is 20.4. The summed E-state index contributed by atoms with van der Waals surface area (Å²) in [7, 11) is 0. The lowest BCUT2D eigenvalue weighted by Gasteiger charge is -2.28. The molecule has 0 aliphatic carbocycles. The van der Waals surface area contributed by atoms with Gasteiger partial charge in [-0.25, -0.2) is 14.8 Å². The van der Waals surface area contributed by atoms with Crippen molar-refractivity contribution in [3.8, 4) is 22.6 Å². The second-order valence-electron chi connectivity index (χ2n) is 8.77. The molecule has 1 saturated heterocycles. The molecule has 1 aliphatic heterocycles. The van der Waals surface area contributed by atoms with Gasteiger partial charge >= 0.3 is 6.03 Å². The van der Waals surface area contributed by atoms with Gasteiger partial charge in [0.05, 0.1) is 25.5 Å². The molecular weight excluding hydrogens is 466 g/mol. The molecule has 0 bridgehead atoms. The van der Waals surface area contributed by atoms with Gasteiger partial charge in [0.1, 0.15) is 5.82 Å². The fourth-order valence-electron chi connectivity index (χ4n) is 4.18. The maximum atomic E-state index is 12.5. The average molecular weight is 496 g/mol. The Kier molecular flexibility index (Phi) is 7.69. The summed E-state index contributed by atoms with van der Waals surface area (Å²) in [6.07, 6.45) is 0. The van der Waals surface area contributed by atoms with E-state index in [2.05, 4.69) is 15.5 Å². The molecule has 0 saturated carbocycles. The number of hydrogen-bond acceptors (Lipinski definition) is 6. The number of hydrogen-bond donors (Lipinski definition) is 3. The van der Waals surface area contributed by atoms with Crippen molar-refractivity contribution >= 4 is 17.5 Å². The highest BCUT2D eigenvalue weighted by atomic mass is 16.5. The van der Waals surface area contributed by atoms with Gasteiger partial charge in [0.15, 0.2) is 5.82 Å². The van der Waals surface area contributed by atoms with Crippen molar-refractivity contribution < 1.29 is 14.6 Å². The van der Waals surface area contributed by atoms with E-state index in [1.807, 2.05) is 84.9 Å². The zero-order chi connectivity index (χ0) is 25.5. The molecule has 1 fully saturated rings. The number of anilines is 2. The number of nitrogens with zero attached hydrogens (tertiary/aromatic N) is 3. The first kappa shape index (κ1) is 24.4. The van der Waals surface area contributed by atoms with E-state index in [1.54, 1.807) is 0 Å². The first-order chi connectivity index (χ1) is 18.2. The number of nitrogens with one attached hydrogen (secondary N) is 2. The second kappa shape index (κ2) is 11.6. The number of aromatic nitrogens is 2. The minimum absolute atomic E-state index is 0.0395. The summed E-state index contributed by atoms with van der Waals surface area (Å²) >= 11 is 0. The van der Waals surface area contributed by atoms with Gasteiger partial charge in [-0.2, -0.15) is 0 Å². The summed E-state index contributed by atoms with van der Waals surface area (Å²) in [5.74, 6) is 1.37. The van der Waals surface area contributed by atoms with Gasteiger partial charge in [0, 0.05) is 42.5 Å². The number of benzene rings is 3. The van der Waals surface area contributed by atoms with Gasteiger partial charge in [0.2, 0.25) is 0 Å². The normalized spacial score (nSPS) is 13.3. The number of carbonyl (C=O) groups is 1. The molecule has 0 unspecified atom stereocenters. The number of aliphatic hydroxyl groups is 1. The smallest absolute Gasteiger partial charge is 0.319 e. The molecule has 1 aromatic heterocycles. The maximum Gasteiger partial charge on any atom is 0.319 e. The molecule has 8 heteroatoms. The lowest BCUT2D eigenvalue weighted by atomic mass is 10.1. The van der Waals surface area contributed by atoms with Crippen molar-refractivity contribution in [1.82, 2.24) is 15.3 Å². The molecule has 2 amide bonds. The number of amides is 2. The Hall–Kier alpha value is -4.27. The van der Waals surface area contributed by atoms with Crippen LogP contribution in [0.5, 0.6) is 0 Å². The van der Waals surface area contributed by atoms with Crippen LogP contribution in [0.15, 0.2) is 84.9 Å². The largest absolute Gasteiger partial charge is 0.392 e. The number of carbonyl (C=O) groups excluding carboxylic acids is 1. The summed E-state index contributed by atoms with van der Waals surface area (Å²) in [5, 5.41) is 15.4. The van der Waals surface area contributed by atoms with Crippen LogP contribution in [-0.2, 0) is 17.9 Å². The van der Waals surface area contributed by atoms with Crippen molar-refractivity contribution in [2.24, 2.45) is 0 Å². The quantitative estimate of drug-likeness (QED) is 0.350. The number of aliphatic hydroxyl groups excluding tert-OH is 1. The average Bonchev–Trinajstić information content (AvgIpc) is 2.97. The molecular formula is C29H29N5O3. The minimum atomic E-state index is -0.287. The minimum Gasteiger partial charge on any atom is -0.392 e. The first-order valence-corrected chi connectivity index (χ1v) is 12.3. The predicted molar refractivity (Wildman–Crippen MR) is 144 cm³/mol. The summed E-state index contributed by atoms with van der Waals surface area (Å²) in [6.45, 7) is 3.18. The van der Waals surface area contributed by atoms with Crippen LogP contribution in [0.2, 0.25) is 0 Å². The van der Waals surface area contributed by atoms with E-state index in [1.165, 1.54) is 0 Å². The Labute approximate surface area is 216 Å². The highest BCUT2D eigenvalue weighted by Crippen LogP contribution is 2.28. The van der Waals surface area contributed by atoms with Crippen molar-refractivity contribution in [3.63, 3.8) is 0 Å². The molecule has 0 spiro atoms. The third-order valence-corrected chi connectivity index (χ3v) is 6.13. The lowest BCUT2D eigenvalue weighted by molar-refractivity contribution is 0.122. The number of rotatable bonds is 7. The van der Waals surface area contributed by atoms with E-state index >= 15 is 0 Å². The summed E-state index contributed by atoms with van der Waals surface area (Å²) in [6, 6.07) is 26.7. The van der Waals surface area contributed by atoms with Crippen molar-refractivity contribution in [3.05, 3.63) is 96.1 Å². The Morgan fingerprint density at radius 1 is 0.865 bits per heavy atom. The van der Waals surface area contributed by atoms with E-state index in [-0.39, 0.29) is 12.6 Å². The number of morpholine rings is 1. The van der Waals surface area contributed by atoms with E-state index < -0.39 is 0 Å². The molecule has 188 valence electrons. The SMILES string of the molecule is O=C(NCc1ccccc1)Nc1cccc(-c2nc(-c3cccc(CO)c3)cc(N3CCOCC3)n2)c1. The van der Waals surface area contributed by atoms with Crippen LogP contribution in [0, 0.1) is 0 Å². The molecule has 3 aromatic carbocycles. The second-order valence-corrected chi connectivity index (χ2v) is 8.77. The molecule has 1 aliphatic rings. The van der Waals surface area contributed by atoms with Crippen LogP contribution < -0.4 is 15.5 Å². The highest BCUT2D eigenvalue weighted by molar-refractivity contribution is 5.90. The van der Waals surface area contributed by atoms with E-state index in [0.29, 0.717) is 31.3 Å². The molecule has 37 heavy (non-hydrogen) atoms. The Morgan fingerprint density at radius 2 is 1.62 bits per heavy atom. The summed E-state index contributed by atoms with van der Waals surface area (Å²) in [5.41, 5.74) is 4.94. The van der Waals surface area contributed by atoms with Crippen LogP contribution in [0.25, 0.3) is 22.6 Å². The van der Waals surface area contributed by atoms with E-state index in [0.717, 1.165) is 46.9 Å². The Bertz CT molecular complexity index is 1360. The maximum absolute atomic E-state index is 12.5. The zero-order valence-electron chi connectivity index (χ0n) is 20.4. The Balaban J connectivity index is 1.42. The summed E-state index contributed by atoms with van der Waals surface area (Å²) < 4.78 is 5.52.